The number of aromatic nitrogens is 2. The first kappa shape index (κ1) is 11.6. The molecule has 0 saturated carbocycles. The molecular formula is C7H12BrN3O3. The molecular weight excluding hydrogens is 254 g/mol. The largest absolute Gasteiger partial charge is 0.592 e. The van der Waals surface area contributed by atoms with E-state index in [1.165, 1.54) is 10.7 Å². The third kappa shape index (κ3) is 2.52. The third-order valence-electron chi connectivity index (χ3n) is 1.73. The number of hydrogen-bond donors (Lipinski definition) is 2. The third-order valence-corrected chi connectivity index (χ3v) is 2.09. The van der Waals surface area contributed by atoms with Crippen molar-refractivity contribution in [1.29, 1.82) is 0 Å². The summed E-state index contributed by atoms with van der Waals surface area (Å²) in [7, 11) is 1.06. The number of halogens is 1. The van der Waals surface area contributed by atoms with Gasteiger partial charge in [0.05, 0.1) is 18.8 Å². The molecule has 0 aromatic carbocycles. The second-order valence-corrected chi connectivity index (χ2v) is 3.74. The van der Waals surface area contributed by atoms with Crippen LogP contribution in [0.25, 0.3) is 0 Å². The summed E-state index contributed by atoms with van der Waals surface area (Å²) >= 11 is 3.22. The molecule has 1 aromatic rings. The van der Waals surface area contributed by atoms with Gasteiger partial charge in [0.1, 0.15) is 7.05 Å². The molecule has 1 rings (SSSR count). The van der Waals surface area contributed by atoms with Gasteiger partial charge >= 0.3 is 0 Å². The maximum Gasteiger partial charge on any atom is 0.279 e. The molecule has 0 saturated heterocycles. The second kappa shape index (κ2) is 4.37. The van der Waals surface area contributed by atoms with E-state index >= 15 is 0 Å². The van der Waals surface area contributed by atoms with Crippen LogP contribution in [-0.2, 0) is 13.2 Å². The van der Waals surface area contributed by atoms with E-state index < -0.39 is 4.81 Å². The summed E-state index contributed by atoms with van der Waals surface area (Å²) in [5.41, 5.74) is 0.508. The first-order valence-electron chi connectivity index (χ1n) is 4.03. The highest BCUT2D eigenvalue weighted by atomic mass is 79.9. The number of rotatable bonds is 4. The standard InChI is InChI=1S/C7H12BrN3O3/c1-11(13,14)7-4-6(5-12)10(9-7)3-2-8/h4,12-13H,2-3,5H2,1H3. The predicted octanol–water partition coefficient (Wildman–Crippen LogP) is 0.594. The highest BCUT2D eigenvalue weighted by molar-refractivity contribution is 9.09. The molecule has 0 radical (unpaired) electrons. The van der Waals surface area contributed by atoms with Crippen molar-refractivity contribution in [3.05, 3.63) is 17.0 Å². The van der Waals surface area contributed by atoms with Gasteiger partial charge in [-0.25, -0.2) is 5.21 Å². The minimum absolute atomic E-state index is 0.0324. The van der Waals surface area contributed by atoms with Gasteiger partial charge in [-0.15, -0.1) is 5.10 Å². The number of hydroxylamine groups is 2. The molecule has 1 atom stereocenters. The molecule has 0 aliphatic carbocycles. The lowest BCUT2D eigenvalue weighted by Crippen LogP contribution is -2.33. The number of aliphatic hydroxyl groups excluding tert-OH is 1. The molecule has 7 heteroatoms. The average Bonchev–Trinajstić information content (AvgIpc) is 2.47. The van der Waals surface area contributed by atoms with E-state index in [4.69, 9.17) is 10.3 Å². The van der Waals surface area contributed by atoms with E-state index in [1.54, 1.807) is 0 Å². The zero-order valence-corrected chi connectivity index (χ0v) is 9.31. The van der Waals surface area contributed by atoms with Crippen LogP contribution >= 0.6 is 15.9 Å². The van der Waals surface area contributed by atoms with Crippen molar-refractivity contribution in [3.63, 3.8) is 0 Å². The molecule has 1 heterocycles. The summed E-state index contributed by atoms with van der Waals surface area (Å²) in [6, 6.07) is 1.38. The Hall–Kier alpha value is -0.470. The first-order chi connectivity index (χ1) is 6.49. The van der Waals surface area contributed by atoms with E-state index in [9.17, 15) is 5.21 Å². The lowest BCUT2D eigenvalue weighted by atomic mass is 10.4. The van der Waals surface area contributed by atoms with Gasteiger partial charge in [-0.1, -0.05) is 15.9 Å². The van der Waals surface area contributed by atoms with E-state index in [1.807, 2.05) is 0 Å². The van der Waals surface area contributed by atoms with Crippen LogP contribution in [0.3, 0.4) is 0 Å². The molecule has 0 aliphatic heterocycles. The Morgan fingerprint density at radius 1 is 1.71 bits per heavy atom. The zero-order chi connectivity index (χ0) is 10.8. The van der Waals surface area contributed by atoms with Gasteiger partial charge in [0.2, 0.25) is 0 Å². The molecule has 6 nitrogen and oxygen atoms in total. The zero-order valence-electron chi connectivity index (χ0n) is 7.72. The molecule has 0 spiro atoms. The quantitative estimate of drug-likeness (QED) is 0.475. The van der Waals surface area contributed by atoms with Crippen LogP contribution in [0.4, 0.5) is 5.82 Å². The van der Waals surface area contributed by atoms with E-state index in [2.05, 4.69) is 21.0 Å². The molecule has 14 heavy (non-hydrogen) atoms. The second-order valence-electron chi connectivity index (χ2n) is 2.94. The van der Waals surface area contributed by atoms with E-state index in [0.29, 0.717) is 17.6 Å². The fourth-order valence-electron chi connectivity index (χ4n) is 1.04. The van der Waals surface area contributed by atoms with Crippen molar-refractivity contribution < 1.29 is 10.3 Å². The normalized spacial score (nSPS) is 15.5. The summed E-state index contributed by atoms with van der Waals surface area (Å²) < 4.78 is 1.48. The number of quaternary nitrogens is 1. The van der Waals surface area contributed by atoms with Gasteiger partial charge < -0.3 is 10.3 Å². The van der Waals surface area contributed by atoms with Crippen molar-refractivity contribution in [2.45, 2.75) is 13.2 Å². The lowest BCUT2D eigenvalue weighted by Gasteiger charge is -2.24. The van der Waals surface area contributed by atoms with Crippen LogP contribution in [0.15, 0.2) is 6.07 Å². The highest BCUT2D eigenvalue weighted by Crippen LogP contribution is 2.17. The lowest BCUT2D eigenvalue weighted by molar-refractivity contribution is -0.00832. The van der Waals surface area contributed by atoms with Gasteiger partial charge in [-0.05, 0) is 0 Å². The molecule has 80 valence electrons. The topological polar surface area (TPSA) is 81.3 Å². The van der Waals surface area contributed by atoms with Crippen molar-refractivity contribution in [2.75, 3.05) is 12.4 Å². The van der Waals surface area contributed by atoms with Gasteiger partial charge in [-0.3, -0.25) is 4.68 Å². The molecule has 2 N–H and O–H groups in total. The maximum atomic E-state index is 11.1. The summed E-state index contributed by atoms with van der Waals surface area (Å²) in [4.78, 5) is -1.58. The average molecular weight is 266 g/mol. The molecule has 1 unspecified atom stereocenters. The molecule has 0 bridgehead atoms. The SMILES string of the molecule is C[N+]([O-])(O)c1cc(CO)n(CCBr)n1. The predicted molar refractivity (Wildman–Crippen MR) is 54.8 cm³/mol. The minimum atomic E-state index is -1.58. The molecule has 0 fully saturated rings. The van der Waals surface area contributed by atoms with Gasteiger partial charge in [0, 0.05) is 11.4 Å². The molecule has 0 aliphatic rings. The Balaban J connectivity index is 3.00. The number of nitrogens with zero attached hydrogens (tertiary/aromatic N) is 3. The van der Waals surface area contributed by atoms with Gasteiger partial charge in [-0.2, -0.15) is 4.81 Å². The van der Waals surface area contributed by atoms with Crippen LogP contribution in [0, 0.1) is 5.21 Å². The van der Waals surface area contributed by atoms with Crippen molar-refractivity contribution in [1.82, 2.24) is 14.6 Å². The Morgan fingerprint density at radius 3 is 2.79 bits per heavy atom. The highest BCUT2D eigenvalue weighted by Gasteiger charge is 2.18. The maximum absolute atomic E-state index is 11.1. The minimum Gasteiger partial charge on any atom is -0.592 e. The monoisotopic (exact) mass is 265 g/mol. The Bertz CT molecular complexity index is 308. The van der Waals surface area contributed by atoms with Crippen molar-refractivity contribution in [2.24, 2.45) is 0 Å². The number of aryl methyl sites for hydroxylation is 1. The van der Waals surface area contributed by atoms with Crippen LogP contribution in [0.2, 0.25) is 0 Å². The van der Waals surface area contributed by atoms with Crippen LogP contribution < -0.4 is 4.81 Å². The summed E-state index contributed by atoms with van der Waals surface area (Å²) in [6.07, 6.45) is 0. The Kier molecular flexibility index (Phi) is 3.62. The number of hydrogen-bond acceptors (Lipinski definition) is 4. The summed E-state index contributed by atoms with van der Waals surface area (Å²) in [6.45, 7) is 0.329. The first-order valence-corrected chi connectivity index (χ1v) is 5.15. The summed E-state index contributed by atoms with van der Waals surface area (Å²) in [5, 5.41) is 33.7. The van der Waals surface area contributed by atoms with E-state index in [0.717, 1.165) is 7.05 Å². The summed E-state index contributed by atoms with van der Waals surface area (Å²) in [5.74, 6) is -0.0324. The van der Waals surface area contributed by atoms with E-state index in [-0.39, 0.29) is 12.4 Å². The fourth-order valence-corrected chi connectivity index (χ4v) is 1.38. The van der Waals surface area contributed by atoms with Crippen LogP contribution in [-0.4, -0.2) is 32.5 Å². The van der Waals surface area contributed by atoms with Crippen molar-refractivity contribution in [3.8, 4) is 0 Å². The Morgan fingerprint density at radius 2 is 2.36 bits per heavy atom. The molecule has 1 aromatic heterocycles. The fraction of sp³-hybridized carbons (Fsp3) is 0.571. The van der Waals surface area contributed by atoms with Crippen molar-refractivity contribution >= 4 is 21.7 Å². The van der Waals surface area contributed by atoms with Gasteiger partial charge in [0.15, 0.2) is 0 Å². The Labute approximate surface area is 89.6 Å². The number of alkyl halides is 1. The smallest absolute Gasteiger partial charge is 0.279 e. The van der Waals surface area contributed by atoms with Crippen LogP contribution in [0.1, 0.15) is 5.69 Å². The number of aliphatic hydroxyl groups is 1. The van der Waals surface area contributed by atoms with Crippen LogP contribution in [0.5, 0.6) is 0 Å². The molecule has 0 amide bonds. The van der Waals surface area contributed by atoms with Gasteiger partial charge in [0.25, 0.3) is 5.82 Å².